The van der Waals surface area contributed by atoms with E-state index in [0.29, 0.717) is 11.4 Å². The first-order valence-corrected chi connectivity index (χ1v) is 5.96. The molecule has 2 rings (SSSR count). The van der Waals surface area contributed by atoms with Gasteiger partial charge >= 0.3 is 5.63 Å². The molecule has 1 aromatic carbocycles. The number of aromatic nitrogens is 1. The lowest BCUT2D eigenvalue weighted by Gasteiger charge is -2.09. The van der Waals surface area contributed by atoms with Gasteiger partial charge in [-0.05, 0) is 38.0 Å². The predicted octanol–water partition coefficient (Wildman–Crippen LogP) is 2.16. The molecule has 19 heavy (non-hydrogen) atoms. The summed E-state index contributed by atoms with van der Waals surface area (Å²) >= 11 is 0. The number of anilines is 1. The Hall–Kier alpha value is -2.30. The second-order valence-corrected chi connectivity index (χ2v) is 4.54. The van der Waals surface area contributed by atoms with E-state index in [0.717, 1.165) is 11.1 Å². The van der Waals surface area contributed by atoms with Crippen molar-refractivity contribution in [3.63, 3.8) is 0 Å². The Balaban J connectivity index is 2.36. The summed E-state index contributed by atoms with van der Waals surface area (Å²) < 4.78 is 6.15. The van der Waals surface area contributed by atoms with E-state index in [1.165, 1.54) is 4.74 Å². The van der Waals surface area contributed by atoms with Gasteiger partial charge in [0.25, 0.3) is 5.91 Å². The van der Waals surface area contributed by atoms with Crippen molar-refractivity contribution in [2.24, 2.45) is 7.05 Å². The van der Waals surface area contributed by atoms with Gasteiger partial charge in [0.05, 0.1) is 5.69 Å². The van der Waals surface area contributed by atoms with Crippen molar-refractivity contribution in [1.29, 1.82) is 0 Å². The minimum atomic E-state index is -0.622. The number of hydrogen-bond acceptors (Lipinski definition) is 3. The fraction of sp³-hybridized carbons (Fsp3) is 0.286. The normalized spacial score (nSPS) is 10.5. The third kappa shape index (κ3) is 2.31. The van der Waals surface area contributed by atoms with Crippen LogP contribution >= 0.6 is 0 Å². The number of nitrogens with one attached hydrogen (secondary N) is 1. The third-order valence-corrected chi connectivity index (χ3v) is 3.34. The molecule has 0 atom stereocenters. The zero-order valence-electron chi connectivity index (χ0n) is 11.4. The van der Waals surface area contributed by atoms with Crippen molar-refractivity contribution >= 4 is 11.6 Å². The van der Waals surface area contributed by atoms with Gasteiger partial charge in [-0.15, -0.1) is 0 Å². The molecular formula is C14H16N2O3. The molecule has 5 heteroatoms. The molecule has 0 aliphatic rings. The number of benzene rings is 1. The first-order chi connectivity index (χ1) is 8.91. The van der Waals surface area contributed by atoms with E-state index >= 15 is 0 Å². The topological polar surface area (TPSA) is 64.2 Å². The highest BCUT2D eigenvalue weighted by Crippen LogP contribution is 2.18. The van der Waals surface area contributed by atoms with Crippen LogP contribution in [0.4, 0.5) is 5.69 Å². The van der Waals surface area contributed by atoms with Crippen LogP contribution in [0.5, 0.6) is 0 Å². The average Bonchev–Trinajstić information content (AvgIpc) is 2.59. The Kier molecular flexibility index (Phi) is 3.29. The zero-order valence-corrected chi connectivity index (χ0v) is 11.4. The molecule has 100 valence electrons. The number of carbonyl (C=O) groups is 1. The lowest BCUT2D eigenvalue weighted by Crippen LogP contribution is -2.20. The number of rotatable bonds is 2. The second-order valence-electron chi connectivity index (χ2n) is 4.54. The van der Waals surface area contributed by atoms with E-state index in [9.17, 15) is 9.59 Å². The predicted molar refractivity (Wildman–Crippen MR) is 72.6 cm³/mol. The van der Waals surface area contributed by atoms with E-state index in [-0.39, 0.29) is 5.56 Å². The van der Waals surface area contributed by atoms with Gasteiger partial charge in [-0.1, -0.05) is 12.1 Å². The molecule has 2 aromatic rings. The van der Waals surface area contributed by atoms with Gasteiger partial charge in [0.1, 0.15) is 5.56 Å². The molecule has 0 bridgehead atoms. The maximum atomic E-state index is 12.1. The molecule has 0 aliphatic heterocycles. The molecule has 0 aliphatic carbocycles. The number of aryl methyl sites for hydroxylation is 2. The Morgan fingerprint density at radius 3 is 2.53 bits per heavy atom. The summed E-state index contributed by atoms with van der Waals surface area (Å²) in [5.41, 5.74) is 2.69. The summed E-state index contributed by atoms with van der Waals surface area (Å²) in [5.74, 6) is -0.444. The van der Waals surface area contributed by atoms with Gasteiger partial charge in [0, 0.05) is 12.7 Å². The summed E-state index contributed by atoms with van der Waals surface area (Å²) in [6, 6.07) is 5.63. The molecule has 0 saturated carbocycles. The van der Waals surface area contributed by atoms with Crippen LogP contribution in [0, 0.1) is 20.8 Å². The van der Waals surface area contributed by atoms with Gasteiger partial charge in [0.2, 0.25) is 0 Å². The molecule has 5 nitrogen and oxygen atoms in total. The highest BCUT2D eigenvalue weighted by atomic mass is 16.5. The van der Waals surface area contributed by atoms with Crippen LogP contribution in [-0.4, -0.2) is 10.6 Å². The molecule has 0 spiro atoms. The Morgan fingerprint density at radius 1 is 1.26 bits per heavy atom. The van der Waals surface area contributed by atoms with Crippen LogP contribution in [0.1, 0.15) is 27.2 Å². The minimum Gasteiger partial charge on any atom is -0.336 e. The Labute approximate surface area is 110 Å². The Bertz CT molecular complexity index is 695. The molecule has 0 saturated heterocycles. The largest absolute Gasteiger partial charge is 0.370 e. The first kappa shape index (κ1) is 13.1. The van der Waals surface area contributed by atoms with E-state index in [4.69, 9.17) is 4.52 Å². The van der Waals surface area contributed by atoms with Gasteiger partial charge < -0.3 is 9.84 Å². The van der Waals surface area contributed by atoms with E-state index < -0.39 is 11.5 Å². The Morgan fingerprint density at radius 2 is 1.95 bits per heavy atom. The SMILES string of the molecule is Cc1cccc(NC(=O)c2c(C)n(C)oc2=O)c1C. The number of nitrogens with zero attached hydrogens (tertiary/aromatic N) is 1. The highest BCUT2D eigenvalue weighted by molar-refractivity contribution is 6.05. The standard InChI is InChI=1S/C14H16N2O3/c1-8-6-5-7-11(9(8)2)15-13(17)12-10(3)16(4)19-14(12)18/h5-7H,1-4H3,(H,15,17). The zero-order chi connectivity index (χ0) is 14.2. The summed E-state index contributed by atoms with van der Waals surface area (Å²) in [7, 11) is 1.59. The van der Waals surface area contributed by atoms with E-state index in [1.807, 2.05) is 26.0 Å². The van der Waals surface area contributed by atoms with Crippen LogP contribution in [0.25, 0.3) is 0 Å². The van der Waals surface area contributed by atoms with Crippen LogP contribution in [0.15, 0.2) is 27.5 Å². The van der Waals surface area contributed by atoms with Gasteiger partial charge in [-0.3, -0.25) is 4.79 Å². The molecule has 0 unspecified atom stereocenters. The molecule has 1 amide bonds. The van der Waals surface area contributed by atoms with Crippen LogP contribution in [0.3, 0.4) is 0 Å². The average molecular weight is 260 g/mol. The fourth-order valence-electron chi connectivity index (χ4n) is 1.87. The van der Waals surface area contributed by atoms with Gasteiger partial charge in [-0.25, -0.2) is 9.53 Å². The summed E-state index contributed by atoms with van der Waals surface area (Å²) in [6.07, 6.45) is 0. The first-order valence-electron chi connectivity index (χ1n) is 5.96. The van der Waals surface area contributed by atoms with Crippen molar-refractivity contribution < 1.29 is 9.32 Å². The quantitative estimate of drug-likeness (QED) is 0.899. The van der Waals surface area contributed by atoms with Crippen molar-refractivity contribution in [2.75, 3.05) is 5.32 Å². The number of hydrogen-bond donors (Lipinski definition) is 1. The number of amides is 1. The lowest BCUT2D eigenvalue weighted by atomic mass is 10.1. The van der Waals surface area contributed by atoms with Crippen LogP contribution in [-0.2, 0) is 7.05 Å². The monoisotopic (exact) mass is 260 g/mol. The molecular weight excluding hydrogens is 244 g/mol. The molecule has 0 fully saturated rings. The number of carbonyl (C=O) groups excluding carboxylic acids is 1. The maximum Gasteiger partial charge on any atom is 0.370 e. The third-order valence-electron chi connectivity index (χ3n) is 3.34. The van der Waals surface area contributed by atoms with Crippen molar-refractivity contribution in [1.82, 2.24) is 4.74 Å². The van der Waals surface area contributed by atoms with Crippen LogP contribution in [0.2, 0.25) is 0 Å². The maximum absolute atomic E-state index is 12.1. The molecule has 1 N–H and O–H groups in total. The second kappa shape index (κ2) is 4.76. The van der Waals surface area contributed by atoms with E-state index in [2.05, 4.69) is 5.32 Å². The van der Waals surface area contributed by atoms with E-state index in [1.54, 1.807) is 20.0 Å². The van der Waals surface area contributed by atoms with Gasteiger partial charge in [0.15, 0.2) is 0 Å². The summed E-state index contributed by atoms with van der Waals surface area (Å²) in [4.78, 5) is 23.7. The van der Waals surface area contributed by atoms with Crippen molar-refractivity contribution in [3.05, 3.63) is 51.0 Å². The molecule has 1 heterocycles. The molecule has 0 radical (unpaired) electrons. The molecule has 1 aromatic heterocycles. The minimum absolute atomic E-state index is 0.0448. The lowest BCUT2D eigenvalue weighted by molar-refractivity contribution is 0.102. The fourth-order valence-corrected chi connectivity index (χ4v) is 1.87. The van der Waals surface area contributed by atoms with Gasteiger partial charge in [-0.2, -0.15) is 0 Å². The summed E-state index contributed by atoms with van der Waals surface area (Å²) in [5, 5.41) is 2.75. The smallest absolute Gasteiger partial charge is 0.336 e. The van der Waals surface area contributed by atoms with Crippen molar-refractivity contribution in [2.45, 2.75) is 20.8 Å². The highest BCUT2D eigenvalue weighted by Gasteiger charge is 2.20. The summed E-state index contributed by atoms with van der Waals surface area (Å²) in [6.45, 7) is 5.56. The van der Waals surface area contributed by atoms with Crippen LogP contribution < -0.4 is 10.9 Å². The van der Waals surface area contributed by atoms with Crippen molar-refractivity contribution in [3.8, 4) is 0 Å².